The molecule has 0 amide bonds. The molecule has 4 heteroatoms. The van der Waals surface area contributed by atoms with Gasteiger partial charge in [-0.15, -0.1) is 0 Å². The fraction of sp³-hybridized carbons (Fsp3) is 0.128. The Kier molecular flexibility index (Phi) is 2.89. The van der Waals surface area contributed by atoms with Crippen LogP contribution in [-0.4, -0.2) is 11.2 Å². The molecule has 82 heavy (non-hydrogen) atoms. The van der Waals surface area contributed by atoms with Gasteiger partial charge in [0.15, 0.2) is 11.2 Å². The number of hydrogen-bond acceptors (Lipinski definition) is 4. The van der Waals surface area contributed by atoms with Crippen LogP contribution in [0.4, 0.5) is 0 Å². The van der Waals surface area contributed by atoms with Gasteiger partial charge < -0.3 is 0 Å². The Hall–Kier alpha value is -9.00. The van der Waals surface area contributed by atoms with Gasteiger partial charge in [-0.2, -0.15) is 0 Å². The second-order valence-corrected chi connectivity index (χ2v) is 31.4. The van der Waals surface area contributed by atoms with Gasteiger partial charge in [0.25, 0.3) is 0 Å². The van der Waals surface area contributed by atoms with Crippen molar-refractivity contribution < 1.29 is 19.6 Å². The molecule has 0 fully saturated rings. The first-order chi connectivity index (χ1) is 40.2. The predicted octanol–water partition coefficient (Wildman–Crippen LogP) is 21.7. The third-order valence-electron chi connectivity index (χ3n) is 27.7. The molecule has 0 saturated heterocycles. The van der Waals surface area contributed by atoms with E-state index in [9.17, 15) is 0 Å². The van der Waals surface area contributed by atoms with Gasteiger partial charge in [-0.25, -0.2) is 19.6 Å². The molecule has 0 N–H and O–H groups in total. The quantitative estimate of drug-likeness (QED) is 0.0762. The SMILES string of the molecule is CC(C)(C)OOC12c3c4c5c6c7c8c(c9c%10c1c1c3c3c%11c4c4c5c5c7c7c%12c8c8c9c9c%10c%10c1c1c3c3c%13c%11c%11c4c4c5c7c5c7c%12c8c8c9c9c%10c%10c1c3c1c3c%13c%11c%11c4c5c4c5c7c8c7c9c%10c1c(c75)c3c%114)C62OOC(C)(C)C. The van der Waals surface area contributed by atoms with E-state index in [2.05, 4.69) is 41.5 Å². The molecule has 0 aromatic heterocycles. The first-order valence-electron chi connectivity index (χ1n) is 30.4. The fourth-order valence-corrected chi connectivity index (χ4v) is 27.5. The summed E-state index contributed by atoms with van der Waals surface area (Å²) in [4.78, 5) is 31.3. The van der Waals surface area contributed by atoms with Crippen LogP contribution < -0.4 is 0 Å². The van der Waals surface area contributed by atoms with Crippen molar-refractivity contribution in [2.45, 2.75) is 63.9 Å². The zero-order valence-electron chi connectivity index (χ0n) is 43.6. The first kappa shape index (κ1) is 32.4. The summed E-state index contributed by atoms with van der Waals surface area (Å²) >= 11 is 0. The van der Waals surface area contributed by atoms with Crippen molar-refractivity contribution in [3.05, 3.63) is 22.3 Å². The summed E-state index contributed by atoms with van der Waals surface area (Å²) < 4.78 is 0. The molecule has 0 saturated carbocycles. The maximum Gasteiger partial charge on any atom is 0.196 e. The van der Waals surface area contributed by atoms with Gasteiger partial charge in [0.05, 0.1) is 11.2 Å². The summed E-state index contributed by atoms with van der Waals surface area (Å²) in [7, 11) is 0. The van der Waals surface area contributed by atoms with E-state index in [1.54, 1.807) is 205 Å². The Labute approximate surface area is 447 Å². The maximum absolute atomic E-state index is 8.28. The molecule has 0 heterocycles. The van der Waals surface area contributed by atoms with Crippen LogP contribution in [0.25, 0.3) is 345 Å². The largest absolute Gasteiger partial charge is 0.230 e. The van der Waals surface area contributed by atoms with Crippen LogP contribution in [0.5, 0.6) is 0 Å². The maximum atomic E-state index is 8.28. The highest BCUT2D eigenvalue weighted by atomic mass is 17.2. The lowest BCUT2D eigenvalue weighted by Crippen LogP contribution is -2.56. The van der Waals surface area contributed by atoms with E-state index >= 15 is 0 Å². The molecule has 33 aromatic carbocycles. The molecule has 0 bridgehead atoms. The fourth-order valence-electron chi connectivity index (χ4n) is 27.5. The highest BCUT2D eigenvalue weighted by Crippen LogP contribution is 2.85. The van der Waals surface area contributed by atoms with E-state index in [4.69, 9.17) is 19.6 Å². The van der Waals surface area contributed by atoms with Crippen LogP contribution in [0.2, 0.25) is 0 Å². The average molecular weight is 1020 g/mol. The molecule has 0 radical (unpaired) electrons. The van der Waals surface area contributed by atoms with E-state index in [0.29, 0.717) is 0 Å². The van der Waals surface area contributed by atoms with E-state index in [-0.39, 0.29) is 0 Å². The molecule has 33 aromatic rings. The van der Waals surface area contributed by atoms with Crippen LogP contribution in [0.1, 0.15) is 63.8 Å². The van der Waals surface area contributed by atoms with E-state index < -0.39 is 22.4 Å². The molecule has 0 aliphatic heterocycles. The van der Waals surface area contributed by atoms with Gasteiger partial charge >= 0.3 is 0 Å². The van der Waals surface area contributed by atoms with Crippen LogP contribution in [0.15, 0.2) is 0 Å². The van der Waals surface area contributed by atoms with Crippen LogP contribution in [0, 0.1) is 0 Å². The zero-order valence-corrected chi connectivity index (χ0v) is 43.6. The number of benzene rings is 23. The van der Waals surface area contributed by atoms with Crippen molar-refractivity contribution in [2.24, 2.45) is 0 Å². The number of rotatable bonds is 4. The Bertz CT molecular complexity index is 8400. The first-order valence-corrected chi connectivity index (χ1v) is 30.4. The second-order valence-electron chi connectivity index (χ2n) is 31.4. The van der Waals surface area contributed by atoms with Crippen LogP contribution in [0.3, 0.4) is 0 Å². The summed E-state index contributed by atoms with van der Waals surface area (Å²) in [6.45, 7) is 13.1. The van der Waals surface area contributed by atoms with E-state index in [0.717, 1.165) is 0 Å². The lowest BCUT2D eigenvalue weighted by atomic mass is 9.61. The molecular formula is C78H18O4. The van der Waals surface area contributed by atoms with E-state index in [1.165, 1.54) is 162 Å². The lowest BCUT2D eigenvalue weighted by molar-refractivity contribution is -0.477. The standard InChI is InChI=1S/C78H18O4/c1-75(2,3)79-81-77-71-63-55-45-35-28-19-13-7-8-10-12-11-9(7)15-22-17(11)26-27-18(12)23-16(10)25-21(14(8)19)30-36(28)46(45)56-50-40(30)32(25)42-34(23)44-38(27)48-47-37(26)43-33(22)41-31-24(15)20(13)29(35)39(31)49(55)59-53(41)61-51(43)57(47)65-66-58(48)52(44)62-54(42)60(50)68(72(77)64(56)63)70(62)74(66)78(77,82-80-76(4,5)6)73(65)69(61)67(59)71/h1-6H3. The topological polar surface area (TPSA) is 36.9 Å². The third kappa shape index (κ3) is 1.81. The number of hydrogen-bond donors (Lipinski definition) is 0. The molecule has 0 unspecified atom stereocenters. The molecule has 37 rings (SSSR count). The molecular weight excluding hydrogens is 1000 g/mol. The van der Waals surface area contributed by atoms with E-state index in [1.807, 2.05) is 0 Å². The Balaban J connectivity index is 1.12. The Morgan fingerprint density at radius 2 is 0.232 bits per heavy atom. The molecule has 4 nitrogen and oxygen atoms in total. The Morgan fingerprint density at radius 3 is 0.317 bits per heavy atom. The minimum absolute atomic E-state index is 0.656. The van der Waals surface area contributed by atoms with Crippen molar-refractivity contribution >= 4 is 345 Å². The summed E-state index contributed by atoms with van der Waals surface area (Å²) in [6, 6.07) is 0. The van der Waals surface area contributed by atoms with Crippen molar-refractivity contribution in [1.82, 2.24) is 0 Å². The van der Waals surface area contributed by atoms with Crippen molar-refractivity contribution in [2.75, 3.05) is 0 Å². The highest BCUT2D eigenvalue weighted by Gasteiger charge is 2.74. The summed E-state index contributed by atoms with van der Waals surface area (Å²) in [5, 5.41) is 98.7. The average Bonchev–Trinajstić information content (AvgIpc) is 1.39. The van der Waals surface area contributed by atoms with Crippen molar-refractivity contribution in [1.29, 1.82) is 0 Å². The summed E-state index contributed by atoms with van der Waals surface area (Å²) in [5.74, 6) is 0. The lowest BCUT2D eigenvalue weighted by Gasteiger charge is -2.51. The monoisotopic (exact) mass is 1020 g/mol. The minimum Gasteiger partial charge on any atom is -0.230 e. The molecule has 0 spiro atoms. The predicted molar refractivity (Wildman–Crippen MR) is 341 cm³/mol. The molecule has 4 aliphatic carbocycles. The third-order valence-corrected chi connectivity index (χ3v) is 27.7. The molecule has 4 aliphatic rings. The molecule has 354 valence electrons. The van der Waals surface area contributed by atoms with Crippen molar-refractivity contribution in [3.63, 3.8) is 0 Å². The summed E-state index contributed by atoms with van der Waals surface area (Å²) in [6.07, 6.45) is 0. The van der Waals surface area contributed by atoms with Crippen LogP contribution >= 0.6 is 0 Å². The van der Waals surface area contributed by atoms with Gasteiger partial charge in [0.2, 0.25) is 0 Å². The molecule has 0 atom stereocenters. The second kappa shape index (κ2) is 7.30. The minimum atomic E-state index is -1.29. The summed E-state index contributed by atoms with van der Waals surface area (Å²) in [5.41, 5.74) is 1.27. The van der Waals surface area contributed by atoms with Crippen LogP contribution in [-0.2, 0) is 30.8 Å². The van der Waals surface area contributed by atoms with Gasteiger partial charge in [0.1, 0.15) is 0 Å². The van der Waals surface area contributed by atoms with Crippen molar-refractivity contribution in [3.8, 4) is 0 Å². The zero-order chi connectivity index (χ0) is 50.1. The smallest absolute Gasteiger partial charge is 0.196 e. The van der Waals surface area contributed by atoms with Gasteiger partial charge in [-0.1, -0.05) is 0 Å². The Morgan fingerprint density at radius 1 is 0.146 bits per heavy atom. The van der Waals surface area contributed by atoms with Gasteiger partial charge in [-0.05, 0) is 386 Å². The van der Waals surface area contributed by atoms with Gasteiger partial charge in [0, 0.05) is 22.3 Å². The normalized spacial score (nSPS) is 21.6. The highest BCUT2D eigenvalue weighted by molar-refractivity contribution is 6.83. The van der Waals surface area contributed by atoms with Gasteiger partial charge in [-0.3, -0.25) is 0 Å².